The molecular weight excluding hydrogens is 391 g/mol. The van der Waals surface area contributed by atoms with Gasteiger partial charge in [0.1, 0.15) is 6.10 Å². The molecule has 1 atom stereocenters. The molecule has 1 aromatic heterocycles. The maximum absolute atomic E-state index is 12.7. The van der Waals surface area contributed by atoms with E-state index >= 15 is 0 Å². The molecule has 0 amide bonds. The Kier molecular flexibility index (Phi) is 6.11. The molecule has 0 saturated heterocycles. The van der Waals surface area contributed by atoms with Crippen molar-refractivity contribution in [2.24, 2.45) is 0 Å². The third-order valence-corrected chi connectivity index (χ3v) is 4.48. The summed E-state index contributed by atoms with van der Waals surface area (Å²) in [6.07, 6.45) is -1.10. The van der Waals surface area contributed by atoms with Crippen molar-refractivity contribution in [1.29, 1.82) is 0 Å². The number of ether oxygens (including phenoxy) is 3. The lowest BCUT2D eigenvalue weighted by atomic mass is 10.1. The molecule has 0 aliphatic carbocycles. The number of benzene rings is 1. The van der Waals surface area contributed by atoms with Crippen LogP contribution in [0.2, 0.25) is 0 Å². The molecule has 8 nitrogen and oxygen atoms in total. The minimum Gasteiger partial charge on any atom is -0.481 e. The Labute approximate surface area is 153 Å². The van der Waals surface area contributed by atoms with Crippen LogP contribution in [0.1, 0.15) is 17.5 Å². The van der Waals surface area contributed by atoms with Crippen molar-refractivity contribution in [1.82, 2.24) is 9.97 Å². The van der Waals surface area contributed by atoms with E-state index in [1.807, 2.05) is 0 Å². The number of alkyl halides is 3. The number of aromatic nitrogens is 2. The van der Waals surface area contributed by atoms with Crippen LogP contribution in [0.25, 0.3) is 0 Å². The van der Waals surface area contributed by atoms with Gasteiger partial charge in [-0.2, -0.15) is 31.6 Å². The summed E-state index contributed by atoms with van der Waals surface area (Å²) < 4.78 is 78.0. The zero-order valence-electron chi connectivity index (χ0n) is 14.4. The van der Waals surface area contributed by atoms with E-state index in [9.17, 15) is 21.6 Å². The van der Waals surface area contributed by atoms with Gasteiger partial charge in [0.2, 0.25) is 11.8 Å². The molecule has 2 rings (SSSR count). The molecule has 1 N–H and O–H groups in total. The molecule has 0 radical (unpaired) electrons. The second-order valence-electron chi connectivity index (χ2n) is 5.07. The van der Waals surface area contributed by atoms with E-state index in [-0.39, 0.29) is 28.8 Å². The SMILES string of the molecule is COc1cc(OC)nc(C(OC)c2ccccc2NS(=O)(=O)C(F)(F)F)n1. The Morgan fingerprint density at radius 1 is 1.04 bits per heavy atom. The Bertz CT molecular complexity index is 884. The van der Waals surface area contributed by atoms with E-state index in [0.29, 0.717) is 0 Å². The fraction of sp³-hybridized carbons (Fsp3) is 0.333. The Hall–Kier alpha value is -2.60. The van der Waals surface area contributed by atoms with E-state index in [2.05, 4.69) is 9.97 Å². The normalized spacial score (nSPS) is 13.1. The van der Waals surface area contributed by atoms with Crippen molar-refractivity contribution in [3.63, 3.8) is 0 Å². The zero-order chi connectivity index (χ0) is 20.2. The van der Waals surface area contributed by atoms with Gasteiger partial charge >= 0.3 is 15.5 Å². The highest BCUT2D eigenvalue weighted by atomic mass is 32.2. The van der Waals surface area contributed by atoms with Crippen molar-refractivity contribution in [3.8, 4) is 11.8 Å². The third kappa shape index (κ3) is 4.57. The van der Waals surface area contributed by atoms with Gasteiger partial charge < -0.3 is 14.2 Å². The van der Waals surface area contributed by atoms with E-state index < -0.39 is 21.6 Å². The average Bonchev–Trinajstić information content (AvgIpc) is 2.62. The second-order valence-corrected chi connectivity index (χ2v) is 6.74. The molecule has 27 heavy (non-hydrogen) atoms. The lowest BCUT2D eigenvalue weighted by Crippen LogP contribution is -2.30. The number of hydrogen-bond acceptors (Lipinski definition) is 7. The molecule has 148 valence electrons. The van der Waals surface area contributed by atoms with E-state index in [0.717, 1.165) is 0 Å². The second kappa shape index (κ2) is 7.96. The quantitative estimate of drug-likeness (QED) is 0.753. The summed E-state index contributed by atoms with van der Waals surface area (Å²) in [6.45, 7) is 0. The summed E-state index contributed by atoms with van der Waals surface area (Å²) in [4.78, 5) is 8.19. The maximum Gasteiger partial charge on any atom is 0.516 e. The van der Waals surface area contributed by atoms with Gasteiger partial charge in [-0.25, -0.2) is 0 Å². The van der Waals surface area contributed by atoms with Gasteiger partial charge in [0.05, 0.1) is 26.0 Å². The van der Waals surface area contributed by atoms with Gasteiger partial charge in [-0.3, -0.25) is 4.72 Å². The first kappa shape index (κ1) is 20.7. The first-order valence-electron chi connectivity index (χ1n) is 7.30. The topological polar surface area (TPSA) is 99.6 Å². The fourth-order valence-corrected chi connectivity index (χ4v) is 2.73. The number of methoxy groups -OCH3 is 3. The summed E-state index contributed by atoms with van der Waals surface area (Å²) in [5, 5.41) is 0. The molecule has 0 fully saturated rings. The molecule has 0 aliphatic rings. The molecule has 1 heterocycles. The van der Waals surface area contributed by atoms with Crippen LogP contribution in [-0.2, 0) is 14.8 Å². The number of sulfonamides is 1. The number of hydrogen-bond donors (Lipinski definition) is 1. The monoisotopic (exact) mass is 407 g/mol. The molecular formula is C15H16F3N3O5S. The van der Waals surface area contributed by atoms with Crippen molar-refractivity contribution in [3.05, 3.63) is 41.7 Å². The van der Waals surface area contributed by atoms with Crippen LogP contribution < -0.4 is 14.2 Å². The predicted molar refractivity (Wildman–Crippen MR) is 89.0 cm³/mol. The molecule has 0 spiro atoms. The third-order valence-electron chi connectivity index (χ3n) is 3.38. The van der Waals surface area contributed by atoms with E-state index in [1.165, 1.54) is 56.4 Å². The molecule has 0 bridgehead atoms. The van der Waals surface area contributed by atoms with Crippen LogP contribution in [0.5, 0.6) is 11.8 Å². The van der Waals surface area contributed by atoms with Gasteiger partial charge in [-0.1, -0.05) is 18.2 Å². The number of nitrogens with zero attached hydrogens (tertiary/aromatic N) is 2. The highest BCUT2D eigenvalue weighted by molar-refractivity contribution is 7.93. The summed E-state index contributed by atoms with van der Waals surface area (Å²) in [5.41, 5.74) is -5.73. The van der Waals surface area contributed by atoms with Gasteiger partial charge in [0.15, 0.2) is 5.82 Å². The van der Waals surface area contributed by atoms with Gasteiger partial charge in [-0.05, 0) is 6.07 Å². The zero-order valence-corrected chi connectivity index (χ0v) is 15.3. The Balaban J connectivity index is 2.54. The largest absolute Gasteiger partial charge is 0.516 e. The van der Waals surface area contributed by atoms with Crippen LogP contribution in [-0.4, -0.2) is 45.2 Å². The molecule has 1 aromatic carbocycles. The Morgan fingerprint density at radius 3 is 2.07 bits per heavy atom. The van der Waals surface area contributed by atoms with Crippen molar-refractivity contribution in [2.75, 3.05) is 26.1 Å². The lowest BCUT2D eigenvalue weighted by molar-refractivity contribution is -0.0429. The standard InChI is InChI=1S/C15H16F3N3O5S/c1-24-11-8-12(25-2)20-14(19-11)13(26-3)9-6-4-5-7-10(9)21-27(22,23)15(16,17)18/h4-8,13,21H,1-3H3. The molecule has 12 heteroatoms. The van der Waals surface area contributed by atoms with Crippen LogP contribution >= 0.6 is 0 Å². The predicted octanol–water partition coefficient (Wildman–Crippen LogP) is 2.49. The number of anilines is 1. The molecule has 1 unspecified atom stereocenters. The van der Waals surface area contributed by atoms with Gasteiger partial charge in [0, 0.05) is 12.7 Å². The van der Waals surface area contributed by atoms with E-state index in [4.69, 9.17) is 14.2 Å². The molecule has 0 aliphatic heterocycles. The van der Waals surface area contributed by atoms with Crippen molar-refractivity contribution >= 4 is 15.7 Å². The fourth-order valence-electron chi connectivity index (χ4n) is 2.14. The van der Waals surface area contributed by atoms with Crippen molar-refractivity contribution < 1.29 is 35.8 Å². The molecule has 0 saturated carbocycles. The minimum absolute atomic E-state index is 0.00681. The average molecular weight is 407 g/mol. The van der Waals surface area contributed by atoms with Gasteiger partial charge in [0.25, 0.3) is 0 Å². The van der Waals surface area contributed by atoms with Crippen LogP contribution in [0.15, 0.2) is 30.3 Å². The summed E-state index contributed by atoms with van der Waals surface area (Å²) in [6, 6.07) is 6.83. The van der Waals surface area contributed by atoms with Crippen LogP contribution in [0.3, 0.4) is 0 Å². The lowest BCUT2D eigenvalue weighted by Gasteiger charge is -2.20. The first-order valence-corrected chi connectivity index (χ1v) is 8.79. The van der Waals surface area contributed by atoms with Crippen molar-refractivity contribution in [2.45, 2.75) is 11.6 Å². The molecule has 2 aromatic rings. The highest BCUT2D eigenvalue weighted by Gasteiger charge is 2.46. The van der Waals surface area contributed by atoms with E-state index in [1.54, 1.807) is 0 Å². The number of nitrogens with one attached hydrogen (secondary N) is 1. The number of para-hydroxylation sites is 1. The minimum atomic E-state index is -5.62. The smallest absolute Gasteiger partial charge is 0.481 e. The summed E-state index contributed by atoms with van der Waals surface area (Å²) in [5.74, 6) is 0.270. The maximum atomic E-state index is 12.7. The van der Waals surface area contributed by atoms with Gasteiger partial charge in [-0.15, -0.1) is 0 Å². The van der Waals surface area contributed by atoms with Crippen LogP contribution in [0.4, 0.5) is 18.9 Å². The number of halogens is 3. The van der Waals surface area contributed by atoms with Crippen LogP contribution in [0, 0.1) is 0 Å². The summed E-state index contributed by atoms with van der Waals surface area (Å²) in [7, 11) is -1.63. The highest BCUT2D eigenvalue weighted by Crippen LogP contribution is 2.33. The first-order chi connectivity index (χ1) is 12.6. The Morgan fingerprint density at radius 2 is 1.59 bits per heavy atom. The summed E-state index contributed by atoms with van der Waals surface area (Å²) >= 11 is 0. The number of rotatable bonds is 7.